The number of hydrogen-bond donors (Lipinski definition) is 2. The van der Waals surface area contributed by atoms with Gasteiger partial charge in [-0.25, -0.2) is 4.79 Å². The van der Waals surface area contributed by atoms with Crippen molar-refractivity contribution in [1.29, 1.82) is 0 Å². The highest BCUT2D eigenvalue weighted by Gasteiger charge is 2.75. The van der Waals surface area contributed by atoms with Gasteiger partial charge in [0.15, 0.2) is 0 Å². The van der Waals surface area contributed by atoms with Crippen molar-refractivity contribution in [2.45, 2.75) is 67.8 Å². The van der Waals surface area contributed by atoms with E-state index >= 15 is 0 Å². The number of aliphatic hydroxyl groups is 1. The molecule has 1 unspecified atom stereocenters. The van der Waals surface area contributed by atoms with Crippen molar-refractivity contribution >= 4 is 16.1 Å². The lowest BCUT2D eigenvalue weighted by Gasteiger charge is -2.37. The van der Waals surface area contributed by atoms with Gasteiger partial charge < -0.3 is 14.6 Å². The van der Waals surface area contributed by atoms with Crippen LogP contribution in [0.5, 0.6) is 0 Å². The van der Waals surface area contributed by atoms with Gasteiger partial charge in [-0.3, -0.25) is 4.55 Å². The molecule has 0 rings (SSSR count). The number of ether oxygens (including phenoxy) is 2. The normalized spacial score (nSPS) is 15.2. The lowest BCUT2D eigenvalue weighted by molar-refractivity contribution is -0.391. The van der Waals surface area contributed by atoms with E-state index in [-0.39, 0.29) is 0 Å². The number of esters is 1. The molecule has 0 aliphatic carbocycles. The van der Waals surface area contributed by atoms with Crippen molar-refractivity contribution in [3.05, 3.63) is 12.2 Å². The summed E-state index contributed by atoms with van der Waals surface area (Å²) in [6.07, 6.45) is -19.7. The van der Waals surface area contributed by atoms with E-state index in [1.165, 1.54) is 0 Å². The summed E-state index contributed by atoms with van der Waals surface area (Å²) in [7, 11) is -6.41. The number of rotatable bonds is 13. The Balaban J connectivity index is 4.83. The molecule has 0 spiro atoms. The molecule has 0 radical (unpaired) electrons. The van der Waals surface area contributed by atoms with Gasteiger partial charge in [-0.15, -0.1) is 0 Å². The van der Waals surface area contributed by atoms with Crippen molar-refractivity contribution in [2.75, 3.05) is 13.2 Å². The first-order valence-electron chi connectivity index (χ1n) is 9.02. The number of unbranched alkanes of at least 4 members (excludes halogenated alkanes) is 1. The molecule has 18 heteroatoms. The molecule has 7 nitrogen and oxygen atoms in total. The molecular weight excluding hydrogens is 526 g/mol. The molecule has 0 aliphatic heterocycles. The first-order valence-corrected chi connectivity index (χ1v) is 10.5. The Morgan fingerprint density at radius 2 is 1.44 bits per heavy atom. The second-order valence-corrected chi connectivity index (χ2v) is 8.34. The SMILES string of the molecule is C=C(COCCCCC(F)(F)C(F)(F)S(=O)(=O)O)C(=O)OC(CC)C(O)(C(F)(F)F)C(F)(F)F. The molecule has 0 saturated heterocycles. The summed E-state index contributed by atoms with van der Waals surface area (Å²) in [4.78, 5) is 11.8. The molecule has 0 bridgehead atoms. The van der Waals surface area contributed by atoms with Gasteiger partial charge in [-0.2, -0.15) is 52.3 Å². The Morgan fingerprint density at radius 1 is 0.971 bits per heavy atom. The Bertz CT molecular complexity index is 807. The summed E-state index contributed by atoms with van der Waals surface area (Å²) < 4.78 is 168. The monoisotopic (exact) mass is 546 g/mol. The van der Waals surface area contributed by atoms with Crippen LogP contribution < -0.4 is 0 Å². The van der Waals surface area contributed by atoms with Gasteiger partial charge in [0.05, 0.1) is 12.2 Å². The maximum absolute atomic E-state index is 13.3. The summed E-state index contributed by atoms with van der Waals surface area (Å²) >= 11 is 0. The van der Waals surface area contributed by atoms with Crippen molar-refractivity contribution in [1.82, 2.24) is 0 Å². The van der Waals surface area contributed by atoms with Crippen LogP contribution in [0.4, 0.5) is 43.9 Å². The highest BCUT2D eigenvalue weighted by molar-refractivity contribution is 7.87. The first-order chi connectivity index (χ1) is 15.0. The zero-order valence-corrected chi connectivity index (χ0v) is 18.0. The van der Waals surface area contributed by atoms with Gasteiger partial charge in [0.1, 0.15) is 6.10 Å². The molecule has 0 fully saturated rings. The summed E-state index contributed by atoms with van der Waals surface area (Å²) in [6, 6.07) is 0. The number of carbonyl (C=O) groups is 1. The van der Waals surface area contributed by atoms with Crippen LogP contribution >= 0.6 is 0 Å². The zero-order chi connectivity index (χ0) is 27.4. The fourth-order valence-electron chi connectivity index (χ4n) is 2.34. The Morgan fingerprint density at radius 3 is 1.82 bits per heavy atom. The highest BCUT2D eigenvalue weighted by Crippen LogP contribution is 2.47. The van der Waals surface area contributed by atoms with Gasteiger partial charge in [-0.1, -0.05) is 13.5 Å². The van der Waals surface area contributed by atoms with E-state index in [1.54, 1.807) is 0 Å². The molecule has 0 aromatic carbocycles. The molecule has 0 aromatic heterocycles. The predicted octanol–water partition coefficient (Wildman–Crippen LogP) is 4.02. The lowest BCUT2D eigenvalue weighted by Crippen LogP contribution is -2.65. The van der Waals surface area contributed by atoms with Crippen LogP contribution in [0.2, 0.25) is 0 Å². The molecule has 2 N–H and O–H groups in total. The summed E-state index contributed by atoms with van der Waals surface area (Å²) in [6.45, 7) is 2.32. The highest BCUT2D eigenvalue weighted by atomic mass is 32.2. The number of carbonyl (C=O) groups excluding carboxylic acids is 1. The zero-order valence-electron chi connectivity index (χ0n) is 17.2. The molecular formula is C16H20F10O7S. The summed E-state index contributed by atoms with van der Waals surface area (Å²) in [5.74, 6) is -6.95. The van der Waals surface area contributed by atoms with E-state index in [0.29, 0.717) is 0 Å². The van der Waals surface area contributed by atoms with Gasteiger partial charge in [-0.05, 0) is 19.3 Å². The van der Waals surface area contributed by atoms with Crippen molar-refractivity contribution in [3.63, 3.8) is 0 Å². The van der Waals surface area contributed by atoms with E-state index in [9.17, 15) is 62.2 Å². The minimum Gasteiger partial charge on any atom is -0.455 e. The Hall–Kier alpha value is -1.66. The molecule has 0 saturated carbocycles. The minimum absolute atomic E-state index is 0.445. The third kappa shape index (κ3) is 7.17. The summed E-state index contributed by atoms with van der Waals surface area (Å²) in [5.41, 5.74) is -6.21. The van der Waals surface area contributed by atoms with Crippen LogP contribution in [0.1, 0.15) is 32.6 Å². The quantitative estimate of drug-likeness (QED) is 0.118. The molecule has 34 heavy (non-hydrogen) atoms. The fourth-order valence-corrected chi connectivity index (χ4v) is 2.82. The maximum Gasteiger partial charge on any atom is 0.431 e. The molecule has 0 heterocycles. The number of halogens is 10. The van der Waals surface area contributed by atoms with E-state index in [1.807, 2.05) is 0 Å². The molecule has 0 aromatic rings. The van der Waals surface area contributed by atoms with E-state index in [4.69, 9.17) is 9.29 Å². The second-order valence-electron chi connectivity index (χ2n) is 6.87. The van der Waals surface area contributed by atoms with Crippen LogP contribution in [0, 0.1) is 0 Å². The van der Waals surface area contributed by atoms with Crippen molar-refractivity contribution in [3.8, 4) is 0 Å². The third-order valence-electron chi connectivity index (χ3n) is 4.29. The van der Waals surface area contributed by atoms with E-state index < -0.39 is 95.8 Å². The predicted molar refractivity (Wildman–Crippen MR) is 92.5 cm³/mol. The fraction of sp³-hybridized carbons (Fsp3) is 0.812. The molecule has 0 aliphatic rings. The van der Waals surface area contributed by atoms with Crippen LogP contribution in [0.3, 0.4) is 0 Å². The van der Waals surface area contributed by atoms with E-state index in [2.05, 4.69) is 11.3 Å². The molecule has 0 amide bonds. The maximum atomic E-state index is 13.3. The Labute approximate surface area is 186 Å². The molecule has 1 atom stereocenters. The largest absolute Gasteiger partial charge is 0.455 e. The molecule has 202 valence electrons. The second kappa shape index (κ2) is 10.9. The smallest absolute Gasteiger partial charge is 0.431 e. The first kappa shape index (κ1) is 32.3. The Kier molecular flexibility index (Phi) is 10.4. The number of hydrogen-bond acceptors (Lipinski definition) is 6. The van der Waals surface area contributed by atoms with Gasteiger partial charge in [0, 0.05) is 13.0 Å². The standard InChI is InChI=1S/C16H20F10O7S/c1-3-10(13(28,14(19,20)21)15(22,23)24)33-11(27)9(2)8-32-7-5-4-6-12(17,18)16(25,26)34(29,30)31/h10,28H,2-8H2,1H3,(H,29,30,31). The summed E-state index contributed by atoms with van der Waals surface area (Å²) in [5, 5.41) is 3.50. The van der Waals surface area contributed by atoms with Crippen molar-refractivity contribution in [2.24, 2.45) is 0 Å². The van der Waals surface area contributed by atoms with Gasteiger partial charge in [0.25, 0.3) is 5.60 Å². The lowest BCUT2D eigenvalue weighted by atomic mass is 9.93. The van der Waals surface area contributed by atoms with Crippen LogP contribution in [0.15, 0.2) is 12.2 Å². The average Bonchev–Trinajstić information content (AvgIpc) is 2.64. The van der Waals surface area contributed by atoms with Crippen molar-refractivity contribution < 1.29 is 76.2 Å². The minimum atomic E-state index is -6.41. The topological polar surface area (TPSA) is 110 Å². The van der Waals surface area contributed by atoms with Crippen LogP contribution in [-0.2, 0) is 24.4 Å². The number of alkyl halides is 10. The van der Waals surface area contributed by atoms with Gasteiger partial charge >= 0.3 is 39.6 Å². The van der Waals surface area contributed by atoms with Crippen LogP contribution in [-0.4, -0.2) is 72.5 Å². The van der Waals surface area contributed by atoms with Gasteiger partial charge in [0.2, 0.25) is 0 Å². The average molecular weight is 546 g/mol. The van der Waals surface area contributed by atoms with E-state index in [0.717, 1.165) is 6.92 Å². The third-order valence-corrected chi connectivity index (χ3v) is 5.24. The van der Waals surface area contributed by atoms with Crippen LogP contribution in [0.25, 0.3) is 0 Å².